The number of aliphatic hydroxyl groups is 1. The summed E-state index contributed by atoms with van der Waals surface area (Å²) in [6.45, 7) is 7.85. The number of rotatable bonds is 7. The van der Waals surface area contributed by atoms with Gasteiger partial charge in [-0.3, -0.25) is 0 Å². The lowest BCUT2D eigenvalue weighted by Crippen LogP contribution is -2.39. The van der Waals surface area contributed by atoms with Crippen molar-refractivity contribution in [3.8, 4) is 0 Å². The molecule has 0 radical (unpaired) electrons. The summed E-state index contributed by atoms with van der Waals surface area (Å²) in [7, 11) is -2.34. The topological polar surface area (TPSA) is 82.5 Å². The molecule has 0 aliphatic carbocycles. The standard InChI is InChI=1S/C14H24ClN3O3S/c1-10(2)7-16-13-12(15)6-11(8-17-13)22(20,21)18(5)9-14(3,4)19/h6,8,10,19H,7,9H2,1-5H3,(H,16,17). The molecule has 0 saturated heterocycles. The van der Waals surface area contributed by atoms with Crippen molar-refractivity contribution >= 4 is 27.4 Å². The molecule has 0 aromatic carbocycles. The molecule has 0 aliphatic heterocycles. The van der Waals surface area contributed by atoms with Crippen molar-refractivity contribution in [2.45, 2.75) is 38.2 Å². The van der Waals surface area contributed by atoms with Crippen LogP contribution in [0.2, 0.25) is 5.02 Å². The lowest BCUT2D eigenvalue weighted by atomic mass is 10.1. The van der Waals surface area contributed by atoms with E-state index in [9.17, 15) is 13.5 Å². The number of hydrogen-bond acceptors (Lipinski definition) is 5. The van der Waals surface area contributed by atoms with Crippen LogP contribution < -0.4 is 5.32 Å². The molecule has 0 fully saturated rings. The summed E-state index contributed by atoms with van der Waals surface area (Å²) in [6.07, 6.45) is 1.27. The van der Waals surface area contributed by atoms with Crippen molar-refractivity contribution in [2.24, 2.45) is 5.92 Å². The van der Waals surface area contributed by atoms with E-state index in [0.717, 1.165) is 4.31 Å². The Labute approximate surface area is 137 Å². The first-order valence-corrected chi connectivity index (χ1v) is 8.83. The average molecular weight is 350 g/mol. The molecule has 1 rings (SSSR count). The quantitative estimate of drug-likeness (QED) is 0.788. The fraction of sp³-hybridized carbons (Fsp3) is 0.643. The van der Waals surface area contributed by atoms with E-state index >= 15 is 0 Å². The Morgan fingerprint density at radius 1 is 1.45 bits per heavy atom. The van der Waals surface area contributed by atoms with E-state index in [0.29, 0.717) is 18.3 Å². The molecule has 0 bridgehead atoms. The van der Waals surface area contributed by atoms with E-state index in [-0.39, 0.29) is 16.5 Å². The van der Waals surface area contributed by atoms with Crippen LogP contribution >= 0.6 is 11.6 Å². The van der Waals surface area contributed by atoms with Crippen molar-refractivity contribution in [1.29, 1.82) is 0 Å². The van der Waals surface area contributed by atoms with Gasteiger partial charge in [0.15, 0.2) is 0 Å². The van der Waals surface area contributed by atoms with Gasteiger partial charge < -0.3 is 10.4 Å². The zero-order valence-corrected chi connectivity index (χ0v) is 15.2. The first-order chi connectivity index (χ1) is 9.93. The summed E-state index contributed by atoms with van der Waals surface area (Å²) in [4.78, 5) is 4.08. The van der Waals surface area contributed by atoms with Crippen LogP contribution in [0.25, 0.3) is 0 Å². The summed E-state index contributed by atoms with van der Waals surface area (Å²) in [5.74, 6) is 0.874. The number of hydrogen-bond donors (Lipinski definition) is 2. The predicted molar refractivity (Wildman–Crippen MR) is 88.7 cm³/mol. The van der Waals surface area contributed by atoms with Crippen LogP contribution in [0.4, 0.5) is 5.82 Å². The largest absolute Gasteiger partial charge is 0.389 e. The highest BCUT2D eigenvalue weighted by Gasteiger charge is 2.27. The molecule has 2 N–H and O–H groups in total. The van der Waals surface area contributed by atoms with Crippen LogP contribution in [0.15, 0.2) is 17.2 Å². The number of likely N-dealkylation sites (N-methyl/N-ethyl adjacent to an activating group) is 1. The molecule has 1 heterocycles. The Morgan fingerprint density at radius 2 is 2.05 bits per heavy atom. The maximum absolute atomic E-state index is 12.4. The molecule has 22 heavy (non-hydrogen) atoms. The van der Waals surface area contributed by atoms with Gasteiger partial charge in [0, 0.05) is 26.3 Å². The number of pyridine rings is 1. The summed E-state index contributed by atoms with van der Waals surface area (Å²) in [5.41, 5.74) is -1.13. The molecule has 0 saturated carbocycles. The van der Waals surface area contributed by atoms with Gasteiger partial charge in [0.2, 0.25) is 10.0 Å². The monoisotopic (exact) mass is 349 g/mol. The van der Waals surface area contributed by atoms with Gasteiger partial charge in [-0.1, -0.05) is 25.4 Å². The van der Waals surface area contributed by atoms with E-state index < -0.39 is 15.6 Å². The number of halogens is 1. The second-order valence-corrected chi connectivity index (χ2v) is 8.80. The minimum atomic E-state index is -3.74. The molecular formula is C14H24ClN3O3S. The maximum Gasteiger partial charge on any atom is 0.244 e. The summed E-state index contributed by atoms with van der Waals surface area (Å²) >= 11 is 6.10. The van der Waals surface area contributed by atoms with Crippen molar-refractivity contribution in [3.05, 3.63) is 17.3 Å². The van der Waals surface area contributed by atoms with Crippen LogP contribution in [0.5, 0.6) is 0 Å². The number of nitrogens with one attached hydrogen (secondary N) is 1. The highest BCUT2D eigenvalue weighted by Crippen LogP contribution is 2.24. The fourth-order valence-electron chi connectivity index (χ4n) is 1.80. The molecule has 1 aromatic rings. The number of aromatic nitrogens is 1. The predicted octanol–water partition coefficient (Wildman–Crippen LogP) is 2.19. The normalized spacial score (nSPS) is 13.0. The Kier molecular flexibility index (Phi) is 6.20. The zero-order chi connectivity index (χ0) is 17.1. The molecule has 6 nitrogen and oxygen atoms in total. The maximum atomic E-state index is 12.4. The van der Waals surface area contributed by atoms with Crippen molar-refractivity contribution in [2.75, 3.05) is 25.5 Å². The van der Waals surface area contributed by atoms with Gasteiger partial charge in [0.05, 0.1) is 10.6 Å². The third kappa shape index (κ3) is 5.39. The van der Waals surface area contributed by atoms with Gasteiger partial charge in [-0.05, 0) is 25.8 Å². The average Bonchev–Trinajstić information content (AvgIpc) is 2.34. The summed E-state index contributed by atoms with van der Waals surface area (Å²) in [6, 6.07) is 1.37. The van der Waals surface area contributed by atoms with Gasteiger partial charge in [-0.25, -0.2) is 13.4 Å². The van der Waals surface area contributed by atoms with Crippen LogP contribution in [0, 0.1) is 5.92 Å². The molecule has 1 aromatic heterocycles. The SMILES string of the molecule is CC(C)CNc1ncc(S(=O)(=O)N(C)CC(C)(C)O)cc1Cl. The molecule has 0 atom stereocenters. The van der Waals surface area contributed by atoms with Gasteiger partial charge in [0.1, 0.15) is 10.7 Å². The van der Waals surface area contributed by atoms with Crippen molar-refractivity contribution in [3.63, 3.8) is 0 Å². The lowest BCUT2D eigenvalue weighted by molar-refractivity contribution is 0.0640. The fourth-order valence-corrected chi connectivity index (χ4v) is 3.40. The third-order valence-electron chi connectivity index (χ3n) is 2.81. The summed E-state index contributed by atoms with van der Waals surface area (Å²) in [5, 5.41) is 13.1. The Bertz CT molecular complexity index is 612. The second-order valence-electron chi connectivity index (χ2n) is 6.35. The molecule has 0 aliphatic rings. The Hall–Kier alpha value is -0.890. The first kappa shape index (κ1) is 19.2. The van der Waals surface area contributed by atoms with E-state index in [1.54, 1.807) is 13.8 Å². The van der Waals surface area contributed by atoms with E-state index in [2.05, 4.69) is 10.3 Å². The minimum absolute atomic E-state index is 0.000605. The molecule has 0 spiro atoms. The highest BCUT2D eigenvalue weighted by molar-refractivity contribution is 7.89. The molecule has 8 heteroatoms. The van der Waals surface area contributed by atoms with Crippen LogP contribution in [-0.2, 0) is 10.0 Å². The summed E-state index contributed by atoms with van der Waals surface area (Å²) < 4.78 is 26.0. The number of anilines is 1. The van der Waals surface area contributed by atoms with Crippen LogP contribution in [0.3, 0.4) is 0 Å². The lowest BCUT2D eigenvalue weighted by Gasteiger charge is -2.25. The first-order valence-electron chi connectivity index (χ1n) is 7.01. The smallest absolute Gasteiger partial charge is 0.244 e. The Balaban J connectivity index is 2.99. The van der Waals surface area contributed by atoms with Crippen molar-refractivity contribution in [1.82, 2.24) is 9.29 Å². The molecule has 126 valence electrons. The van der Waals surface area contributed by atoms with E-state index in [1.807, 2.05) is 13.8 Å². The highest BCUT2D eigenvalue weighted by atomic mass is 35.5. The van der Waals surface area contributed by atoms with E-state index in [1.165, 1.54) is 19.3 Å². The van der Waals surface area contributed by atoms with Gasteiger partial charge in [-0.2, -0.15) is 4.31 Å². The van der Waals surface area contributed by atoms with E-state index in [4.69, 9.17) is 11.6 Å². The molecule has 0 amide bonds. The van der Waals surface area contributed by atoms with Crippen LogP contribution in [-0.4, -0.2) is 48.6 Å². The Morgan fingerprint density at radius 3 is 2.50 bits per heavy atom. The number of nitrogens with zero attached hydrogens (tertiary/aromatic N) is 2. The molecular weight excluding hydrogens is 326 g/mol. The third-order valence-corrected chi connectivity index (χ3v) is 4.87. The van der Waals surface area contributed by atoms with Gasteiger partial charge in [0.25, 0.3) is 0 Å². The minimum Gasteiger partial charge on any atom is -0.389 e. The molecule has 0 unspecified atom stereocenters. The number of sulfonamides is 1. The van der Waals surface area contributed by atoms with Gasteiger partial charge >= 0.3 is 0 Å². The van der Waals surface area contributed by atoms with Crippen molar-refractivity contribution < 1.29 is 13.5 Å². The van der Waals surface area contributed by atoms with Crippen LogP contribution in [0.1, 0.15) is 27.7 Å². The zero-order valence-electron chi connectivity index (χ0n) is 13.6. The van der Waals surface area contributed by atoms with Gasteiger partial charge in [-0.15, -0.1) is 0 Å². The second kappa shape index (κ2) is 7.12.